The molecule has 0 radical (unpaired) electrons. The molecule has 1 heterocycles. The van der Waals surface area contributed by atoms with E-state index in [-0.39, 0.29) is 6.10 Å². The van der Waals surface area contributed by atoms with Crippen LogP contribution in [-0.4, -0.2) is 11.2 Å². The van der Waals surface area contributed by atoms with E-state index in [2.05, 4.69) is 44.2 Å². The van der Waals surface area contributed by atoms with Crippen molar-refractivity contribution in [3.8, 4) is 5.75 Å². The van der Waals surface area contributed by atoms with Crippen molar-refractivity contribution in [2.24, 2.45) is 0 Å². The molecule has 1 aliphatic rings. The highest BCUT2D eigenvalue weighted by Gasteiger charge is 2.20. The first-order valence-electron chi connectivity index (χ1n) is 7.15. The van der Waals surface area contributed by atoms with Gasteiger partial charge in [0.1, 0.15) is 11.9 Å². The first-order valence-corrected chi connectivity index (χ1v) is 7.15. The highest BCUT2D eigenvalue weighted by molar-refractivity contribution is 5.41. The lowest BCUT2D eigenvalue weighted by Gasteiger charge is -2.12. The predicted molar refractivity (Wildman–Crippen MR) is 80.1 cm³/mol. The topological polar surface area (TPSA) is 29.5 Å². The van der Waals surface area contributed by atoms with Crippen molar-refractivity contribution < 1.29 is 9.84 Å². The Morgan fingerprint density at radius 2 is 1.95 bits per heavy atom. The largest absolute Gasteiger partial charge is 0.490 e. The molecule has 0 spiro atoms. The first-order chi connectivity index (χ1) is 9.61. The summed E-state index contributed by atoms with van der Waals surface area (Å²) in [6, 6.07) is 14.4. The molecule has 0 fully saturated rings. The van der Waals surface area contributed by atoms with E-state index in [0.717, 1.165) is 23.3 Å². The lowest BCUT2D eigenvalue weighted by molar-refractivity contribution is 0.178. The third-order valence-corrected chi connectivity index (χ3v) is 3.85. The zero-order chi connectivity index (χ0) is 14.1. The molecule has 0 saturated heterocycles. The Bertz CT molecular complexity index is 601. The molecule has 0 bridgehead atoms. The molecule has 2 heteroatoms. The molecule has 1 N–H and O–H groups in total. The van der Waals surface area contributed by atoms with Crippen molar-refractivity contribution in [3.05, 3.63) is 64.7 Å². The van der Waals surface area contributed by atoms with Crippen LogP contribution in [0.5, 0.6) is 5.75 Å². The van der Waals surface area contributed by atoms with Gasteiger partial charge in [-0.05, 0) is 42.7 Å². The highest BCUT2D eigenvalue weighted by Crippen LogP contribution is 2.31. The van der Waals surface area contributed by atoms with Gasteiger partial charge in [-0.15, -0.1) is 0 Å². The lowest BCUT2D eigenvalue weighted by atomic mass is 9.98. The van der Waals surface area contributed by atoms with Crippen molar-refractivity contribution in [2.75, 3.05) is 0 Å². The molecule has 0 saturated carbocycles. The normalized spacial score (nSPS) is 18.4. The molecule has 0 aromatic heterocycles. The van der Waals surface area contributed by atoms with Gasteiger partial charge >= 0.3 is 0 Å². The second kappa shape index (κ2) is 5.29. The van der Waals surface area contributed by atoms with E-state index in [9.17, 15) is 5.11 Å². The molecule has 3 rings (SSSR count). The summed E-state index contributed by atoms with van der Waals surface area (Å²) in [5.41, 5.74) is 4.58. The van der Waals surface area contributed by atoms with Crippen LogP contribution in [0.3, 0.4) is 0 Å². The number of hydrogen-bond acceptors (Lipinski definition) is 2. The molecule has 2 aromatic carbocycles. The number of ether oxygens (including phenoxy) is 1. The van der Waals surface area contributed by atoms with Gasteiger partial charge in [0.15, 0.2) is 0 Å². The molecular weight excluding hydrogens is 248 g/mol. The number of aliphatic hydroxyl groups excluding tert-OH is 1. The Kier molecular flexibility index (Phi) is 3.49. The van der Waals surface area contributed by atoms with Crippen molar-refractivity contribution >= 4 is 0 Å². The molecule has 2 unspecified atom stereocenters. The Morgan fingerprint density at radius 1 is 1.20 bits per heavy atom. The lowest BCUT2D eigenvalue weighted by Crippen LogP contribution is -2.05. The van der Waals surface area contributed by atoms with E-state index in [1.165, 1.54) is 11.1 Å². The van der Waals surface area contributed by atoms with E-state index >= 15 is 0 Å². The fourth-order valence-electron chi connectivity index (χ4n) is 2.71. The van der Waals surface area contributed by atoms with E-state index < -0.39 is 6.10 Å². The van der Waals surface area contributed by atoms with Gasteiger partial charge in [0.25, 0.3) is 0 Å². The molecule has 0 amide bonds. The van der Waals surface area contributed by atoms with Gasteiger partial charge in [-0.25, -0.2) is 0 Å². The highest BCUT2D eigenvalue weighted by atomic mass is 16.5. The number of fused-ring (bicyclic) bond motifs is 1. The van der Waals surface area contributed by atoms with Gasteiger partial charge in [0, 0.05) is 12.8 Å². The van der Waals surface area contributed by atoms with Gasteiger partial charge in [0.05, 0.1) is 6.10 Å². The summed E-state index contributed by atoms with van der Waals surface area (Å²) in [5.74, 6) is 0.962. The van der Waals surface area contributed by atoms with E-state index in [1.807, 2.05) is 12.1 Å². The second-order valence-electron chi connectivity index (χ2n) is 5.71. The summed E-state index contributed by atoms with van der Waals surface area (Å²) >= 11 is 0. The number of aliphatic hydroxyl groups is 1. The zero-order valence-corrected chi connectivity index (χ0v) is 12.0. The molecular formula is C18H20O2. The van der Waals surface area contributed by atoms with Crippen LogP contribution in [0.2, 0.25) is 0 Å². The maximum atomic E-state index is 10.4. The molecule has 0 aliphatic carbocycles. The van der Waals surface area contributed by atoms with Crippen LogP contribution in [0.1, 0.15) is 35.3 Å². The number of aryl methyl sites for hydroxylation is 1. The van der Waals surface area contributed by atoms with Crippen LogP contribution < -0.4 is 4.74 Å². The number of rotatable bonds is 3. The molecule has 2 atom stereocenters. The quantitative estimate of drug-likeness (QED) is 0.921. The molecule has 20 heavy (non-hydrogen) atoms. The van der Waals surface area contributed by atoms with Crippen molar-refractivity contribution in [3.63, 3.8) is 0 Å². The standard InChI is InChI=1S/C18H20O2/c1-12-3-5-14(6-4-12)10-17(19)15-7-8-18-16(11-15)9-13(2)20-18/h3-8,11,13,17,19H,9-10H2,1-2H3. The SMILES string of the molecule is Cc1ccc(CC(O)c2ccc3c(c2)CC(C)O3)cc1. The fraction of sp³-hybridized carbons (Fsp3) is 0.333. The molecule has 104 valence electrons. The van der Waals surface area contributed by atoms with E-state index in [4.69, 9.17) is 4.74 Å². The molecule has 2 aromatic rings. The fourth-order valence-corrected chi connectivity index (χ4v) is 2.71. The Morgan fingerprint density at radius 3 is 2.70 bits per heavy atom. The van der Waals surface area contributed by atoms with E-state index in [0.29, 0.717) is 6.42 Å². The van der Waals surface area contributed by atoms with Crippen LogP contribution in [0.15, 0.2) is 42.5 Å². The third kappa shape index (κ3) is 2.70. The maximum absolute atomic E-state index is 10.4. The summed E-state index contributed by atoms with van der Waals surface area (Å²) in [5, 5.41) is 10.4. The number of benzene rings is 2. The minimum Gasteiger partial charge on any atom is -0.490 e. The Labute approximate surface area is 120 Å². The van der Waals surface area contributed by atoms with Crippen LogP contribution in [0.25, 0.3) is 0 Å². The molecule has 1 aliphatic heterocycles. The predicted octanol–water partition coefficient (Wildman–Crippen LogP) is 3.59. The Balaban J connectivity index is 1.76. The van der Waals surface area contributed by atoms with Gasteiger partial charge in [-0.1, -0.05) is 35.9 Å². The van der Waals surface area contributed by atoms with Gasteiger partial charge < -0.3 is 9.84 Å². The van der Waals surface area contributed by atoms with Crippen LogP contribution in [-0.2, 0) is 12.8 Å². The summed E-state index contributed by atoms with van der Waals surface area (Å²) in [7, 11) is 0. The minimum absolute atomic E-state index is 0.245. The molecule has 2 nitrogen and oxygen atoms in total. The van der Waals surface area contributed by atoms with Crippen molar-refractivity contribution in [1.82, 2.24) is 0 Å². The van der Waals surface area contributed by atoms with Crippen molar-refractivity contribution in [2.45, 2.75) is 38.9 Å². The Hall–Kier alpha value is -1.80. The minimum atomic E-state index is -0.459. The monoisotopic (exact) mass is 268 g/mol. The van der Waals surface area contributed by atoms with Crippen LogP contribution >= 0.6 is 0 Å². The third-order valence-electron chi connectivity index (χ3n) is 3.85. The average molecular weight is 268 g/mol. The summed E-state index contributed by atoms with van der Waals surface area (Å²) < 4.78 is 5.69. The summed E-state index contributed by atoms with van der Waals surface area (Å²) in [6.45, 7) is 4.14. The van der Waals surface area contributed by atoms with Gasteiger partial charge in [-0.3, -0.25) is 0 Å². The van der Waals surface area contributed by atoms with Crippen LogP contribution in [0, 0.1) is 6.92 Å². The van der Waals surface area contributed by atoms with Gasteiger partial charge in [-0.2, -0.15) is 0 Å². The smallest absolute Gasteiger partial charge is 0.123 e. The van der Waals surface area contributed by atoms with Crippen LogP contribution in [0.4, 0.5) is 0 Å². The van der Waals surface area contributed by atoms with Gasteiger partial charge in [0.2, 0.25) is 0 Å². The maximum Gasteiger partial charge on any atom is 0.123 e. The first kappa shape index (κ1) is 13.2. The summed E-state index contributed by atoms with van der Waals surface area (Å²) in [6.07, 6.45) is 1.36. The van der Waals surface area contributed by atoms with E-state index in [1.54, 1.807) is 0 Å². The van der Waals surface area contributed by atoms with Crippen molar-refractivity contribution in [1.29, 1.82) is 0 Å². The average Bonchev–Trinajstić information content (AvgIpc) is 2.80. The summed E-state index contributed by atoms with van der Waals surface area (Å²) in [4.78, 5) is 0. The second-order valence-corrected chi connectivity index (χ2v) is 5.71. The number of hydrogen-bond donors (Lipinski definition) is 1. The zero-order valence-electron chi connectivity index (χ0n) is 12.0.